The van der Waals surface area contributed by atoms with Gasteiger partial charge in [0.15, 0.2) is 0 Å². The zero-order valence-corrected chi connectivity index (χ0v) is 12.4. The number of hydrogen-bond donors (Lipinski definition) is 0. The number of halogens is 3. The lowest BCUT2D eigenvalue weighted by molar-refractivity contribution is -0.144. The Morgan fingerprint density at radius 2 is 2.27 bits per heavy atom. The molecule has 1 fully saturated rings. The van der Waals surface area contributed by atoms with Crippen molar-refractivity contribution in [2.45, 2.75) is 31.7 Å². The van der Waals surface area contributed by atoms with Gasteiger partial charge in [0.1, 0.15) is 5.76 Å². The van der Waals surface area contributed by atoms with E-state index < -0.39 is 12.0 Å². The van der Waals surface area contributed by atoms with E-state index in [2.05, 4.69) is 9.36 Å². The summed E-state index contributed by atoms with van der Waals surface area (Å²) in [5.41, 5.74) is 0. The monoisotopic (exact) mass is 333 g/mol. The first-order valence-corrected chi connectivity index (χ1v) is 7.59. The van der Waals surface area contributed by atoms with Crippen molar-refractivity contribution >= 4 is 16.7 Å². The van der Waals surface area contributed by atoms with Crippen molar-refractivity contribution in [2.24, 2.45) is 0 Å². The van der Waals surface area contributed by atoms with Gasteiger partial charge in [-0.05, 0) is 25.0 Å². The van der Waals surface area contributed by atoms with Crippen LogP contribution in [0.3, 0.4) is 0 Å². The molecule has 0 amide bonds. The third-order valence-electron chi connectivity index (χ3n) is 3.31. The van der Waals surface area contributed by atoms with Gasteiger partial charge in [-0.2, -0.15) is 22.5 Å². The third kappa shape index (κ3) is 3.58. The van der Waals surface area contributed by atoms with Crippen molar-refractivity contribution < 1.29 is 22.3 Å². The second-order valence-corrected chi connectivity index (χ2v) is 5.72. The quantitative estimate of drug-likeness (QED) is 0.840. The van der Waals surface area contributed by atoms with E-state index in [-0.39, 0.29) is 11.2 Å². The minimum absolute atomic E-state index is 0.00630. The lowest BCUT2D eigenvalue weighted by Crippen LogP contribution is -2.31. The van der Waals surface area contributed by atoms with Crippen LogP contribution in [0, 0.1) is 0 Å². The van der Waals surface area contributed by atoms with E-state index in [9.17, 15) is 13.2 Å². The number of hydrogen-bond acceptors (Lipinski definition) is 6. The number of nitrogens with zero attached hydrogens (tertiary/aromatic N) is 3. The summed E-state index contributed by atoms with van der Waals surface area (Å²) >= 11 is 0.737. The van der Waals surface area contributed by atoms with Crippen LogP contribution in [-0.2, 0) is 17.5 Å². The fraction of sp³-hybridized carbons (Fsp3) is 0.538. The first-order chi connectivity index (χ1) is 10.5. The first-order valence-electron chi connectivity index (χ1n) is 6.82. The lowest BCUT2D eigenvalue weighted by Gasteiger charge is -2.23. The summed E-state index contributed by atoms with van der Waals surface area (Å²) in [5.74, 6) is -0.453. The van der Waals surface area contributed by atoms with Crippen LogP contribution in [0.25, 0.3) is 0 Å². The van der Waals surface area contributed by atoms with Crippen molar-refractivity contribution in [3.8, 4) is 0 Å². The average Bonchev–Trinajstić information content (AvgIpc) is 3.20. The van der Waals surface area contributed by atoms with Gasteiger partial charge in [-0.25, -0.2) is 0 Å². The number of rotatable bonds is 5. The van der Waals surface area contributed by atoms with Crippen molar-refractivity contribution in [1.29, 1.82) is 0 Å². The topological polar surface area (TPSA) is 51.4 Å². The van der Waals surface area contributed by atoms with Gasteiger partial charge in [0.25, 0.3) is 0 Å². The van der Waals surface area contributed by atoms with Gasteiger partial charge in [-0.15, -0.1) is 0 Å². The maximum Gasteiger partial charge on any atom is 0.452 e. The smallest absolute Gasteiger partial charge is 0.452 e. The van der Waals surface area contributed by atoms with Crippen LogP contribution < -0.4 is 4.90 Å². The molecule has 120 valence electrons. The van der Waals surface area contributed by atoms with Crippen molar-refractivity contribution in [2.75, 3.05) is 18.1 Å². The predicted molar refractivity (Wildman–Crippen MR) is 73.6 cm³/mol. The molecule has 22 heavy (non-hydrogen) atoms. The Labute approximate surface area is 128 Å². The van der Waals surface area contributed by atoms with Crippen LogP contribution in [0.15, 0.2) is 22.8 Å². The summed E-state index contributed by atoms with van der Waals surface area (Å²) in [6, 6.07) is 3.51. The van der Waals surface area contributed by atoms with Gasteiger partial charge in [-0.3, -0.25) is 0 Å². The molecular weight excluding hydrogens is 319 g/mol. The Hall–Kier alpha value is -1.61. The summed E-state index contributed by atoms with van der Waals surface area (Å²) in [6.07, 6.45) is -1.16. The molecule has 0 aromatic carbocycles. The van der Waals surface area contributed by atoms with Gasteiger partial charge in [0, 0.05) is 24.7 Å². The van der Waals surface area contributed by atoms with E-state index in [0.717, 1.165) is 24.4 Å². The zero-order chi connectivity index (χ0) is 15.6. The molecule has 0 spiro atoms. The van der Waals surface area contributed by atoms with Crippen LogP contribution >= 0.6 is 11.5 Å². The van der Waals surface area contributed by atoms with Gasteiger partial charge in [-0.1, -0.05) is 0 Å². The number of furan rings is 1. The van der Waals surface area contributed by atoms with Gasteiger partial charge < -0.3 is 14.1 Å². The Kier molecular flexibility index (Phi) is 4.34. The highest BCUT2D eigenvalue weighted by Gasteiger charge is 2.37. The molecule has 0 saturated carbocycles. The number of alkyl halides is 3. The van der Waals surface area contributed by atoms with E-state index in [4.69, 9.17) is 9.15 Å². The SMILES string of the molecule is FC(F)(F)c1nsc(N(Cc2ccco2)CC2CCCO2)n1. The van der Waals surface area contributed by atoms with Crippen LogP contribution in [-0.4, -0.2) is 28.6 Å². The maximum atomic E-state index is 12.7. The molecule has 3 rings (SSSR count). The zero-order valence-electron chi connectivity index (χ0n) is 11.5. The highest BCUT2D eigenvalue weighted by Crippen LogP contribution is 2.31. The molecule has 0 N–H and O–H groups in total. The van der Waals surface area contributed by atoms with Gasteiger partial charge in [0.2, 0.25) is 11.0 Å². The molecular formula is C13H14F3N3O2S. The van der Waals surface area contributed by atoms with Crippen molar-refractivity contribution in [1.82, 2.24) is 9.36 Å². The molecule has 1 aliphatic rings. The van der Waals surface area contributed by atoms with Gasteiger partial charge >= 0.3 is 6.18 Å². The van der Waals surface area contributed by atoms with Crippen LogP contribution in [0.4, 0.5) is 18.3 Å². The molecule has 2 aromatic rings. The summed E-state index contributed by atoms with van der Waals surface area (Å²) in [4.78, 5) is 5.34. The van der Waals surface area contributed by atoms with Crippen LogP contribution in [0.5, 0.6) is 0 Å². The van der Waals surface area contributed by atoms with E-state index >= 15 is 0 Å². The predicted octanol–water partition coefficient (Wildman–Crippen LogP) is 3.34. The molecule has 1 atom stereocenters. The number of ether oxygens (including phenoxy) is 1. The molecule has 0 aliphatic carbocycles. The van der Waals surface area contributed by atoms with E-state index in [0.29, 0.717) is 25.5 Å². The minimum atomic E-state index is -4.53. The third-order valence-corrected chi connectivity index (χ3v) is 4.09. The molecule has 3 heterocycles. The number of aromatic nitrogens is 2. The van der Waals surface area contributed by atoms with Crippen molar-refractivity contribution in [3.63, 3.8) is 0 Å². The highest BCUT2D eigenvalue weighted by molar-refractivity contribution is 7.09. The summed E-state index contributed by atoms with van der Waals surface area (Å²) in [5, 5.41) is 0.222. The summed E-state index contributed by atoms with van der Waals surface area (Å²) in [7, 11) is 0. The van der Waals surface area contributed by atoms with E-state index in [1.807, 2.05) is 0 Å². The Balaban J connectivity index is 1.78. The van der Waals surface area contributed by atoms with E-state index in [1.165, 1.54) is 6.26 Å². The highest BCUT2D eigenvalue weighted by atomic mass is 32.1. The normalized spacial score (nSPS) is 18.8. The van der Waals surface area contributed by atoms with Crippen LogP contribution in [0.2, 0.25) is 0 Å². The Bertz CT molecular complexity index is 594. The van der Waals surface area contributed by atoms with E-state index in [1.54, 1.807) is 17.0 Å². The van der Waals surface area contributed by atoms with Crippen molar-refractivity contribution in [3.05, 3.63) is 30.0 Å². The minimum Gasteiger partial charge on any atom is -0.467 e. The Morgan fingerprint density at radius 3 is 2.86 bits per heavy atom. The summed E-state index contributed by atoms with van der Waals surface area (Å²) in [6.45, 7) is 1.48. The fourth-order valence-corrected chi connectivity index (χ4v) is 2.99. The molecule has 9 heteroatoms. The molecule has 0 radical (unpaired) electrons. The maximum absolute atomic E-state index is 12.7. The Morgan fingerprint density at radius 1 is 1.41 bits per heavy atom. The largest absolute Gasteiger partial charge is 0.467 e. The fourth-order valence-electron chi connectivity index (χ4n) is 2.29. The molecule has 1 unspecified atom stereocenters. The molecule has 1 aliphatic heterocycles. The second-order valence-electron chi connectivity index (χ2n) is 4.99. The number of anilines is 1. The molecule has 2 aromatic heterocycles. The second kappa shape index (κ2) is 6.25. The average molecular weight is 333 g/mol. The molecule has 5 nitrogen and oxygen atoms in total. The first kappa shape index (κ1) is 15.3. The summed E-state index contributed by atoms with van der Waals surface area (Å²) < 4.78 is 52.2. The standard InChI is InChI=1S/C13H14F3N3O2S/c14-13(15,16)11-17-12(22-18-11)19(7-9-3-1-5-20-9)8-10-4-2-6-21-10/h1,3,5,10H,2,4,6-8H2. The molecule has 0 bridgehead atoms. The lowest BCUT2D eigenvalue weighted by atomic mass is 10.2. The molecule has 1 saturated heterocycles. The van der Waals surface area contributed by atoms with Crippen LogP contribution in [0.1, 0.15) is 24.4 Å². The van der Waals surface area contributed by atoms with Gasteiger partial charge in [0.05, 0.1) is 18.9 Å².